The van der Waals surface area contributed by atoms with E-state index in [0.717, 1.165) is 5.52 Å². The van der Waals surface area contributed by atoms with E-state index in [4.69, 9.17) is 5.73 Å². The topological polar surface area (TPSA) is 54.7 Å². The first-order chi connectivity index (χ1) is 6.47. The Morgan fingerprint density at radius 1 is 1.43 bits per heavy atom. The maximum Gasteiger partial charge on any atom is 0.126 e. The van der Waals surface area contributed by atoms with Crippen LogP contribution in [0, 0.1) is 5.82 Å². The quantitative estimate of drug-likeness (QED) is 0.726. The van der Waals surface area contributed by atoms with E-state index in [1.54, 1.807) is 6.07 Å². The monoisotopic (exact) mass is 193 g/mol. The van der Waals surface area contributed by atoms with E-state index in [2.05, 4.69) is 9.97 Å². The molecule has 0 aliphatic carbocycles. The molecule has 0 saturated carbocycles. The van der Waals surface area contributed by atoms with E-state index in [1.165, 1.54) is 12.1 Å². The normalized spacial score (nSPS) is 12.3. The maximum absolute atomic E-state index is 12.9. The molecule has 1 aromatic carbocycles. The number of hydrogen-bond acceptors (Lipinski definition) is 2. The highest BCUT2D eigenvalue weighted by atomic mass is 19.1. The van der Waals surface area contributed by atoms with Crippen LogP contribution < -0.4 is 5.73 Å². The first kappa shape index (κ1) is 9.15. The van der Waals surface area contributed by atoms with Crippen LogP contribution in [0.25, 0.3) is 11.0 Å². The SMILES string of the molecule is CC(C)(N)c1nc2ccc(F)cc2[nH]1. The molecule has 0 fully saturated rings. The number of rotatable bonds is 1. The highest BCUT2D eigenvalue weighted by Crippen LogP contribution is 2.18. The molecular formula is C10H12FN3. The van der Waals surface area contributed by atoms with Crippen LogP contribution in [0.5, 0.6) is 0 Å². The lowest BCUT2D eigenvalue weighted by Crippen LogP contribution is -2.30. The zero-order valence-electron chi connectivity index (χ0n) is 8.13. The number of hydrogen-bond donors (Lipinski definition) is 2. The van der Waals surface area contributed by atoms with Crippen LogP contribution in [0.2, 0.25) is 0 Å². The van der Waals surface area contributed by atoms with Crippen molar-refractivity contribution >= 4 is 11.0 Å². The molecule has 74 valence electrons. The van der Waals surface area contributed by atoms with Crippen molar-refractivity contribution in [1.29, 1.82) is 0 Å². The third-order valence-corrected chi connectivity index (χ3v) is 2.05. The summed E-state index contributed by atoms with van der Waals surface area (Å²) in [4.78, 5) is 7.28. The zero-order chi connectivity index (χ0) is 10.3. The first-order valence-corrected chi connectivity index (χ1v) is 4.41. The van der Waals surface area contributed by atoms with Crippen molar-refractivity contribution in [2.24, 2.45) is 5.73 Å². The van der Waals surface area contributed by atoms with Crippen molar-refractivity contribution < 1.29 is 4.39 Å². The predicted molar refractivity (Wildman–Crippen MR) is 53.3 cm³/mol. The van der Waals surface area contributed by atoms with Crippen molar-refractivity contribution in [3.8, 4) is 0 Å². The molecule has 0 aliphatic rings. The van der Waals surface area contributed by atoms with E-state index in [0.29, 0.717) is 11.3 Å². The van der Waals surface area contributed by atoms with Gasteiger partial charge in [-0.15, -0.1) is 0 Å². The molecule has 0 atom stereocenters. The summed E-state index contributed by atoms with van der Waals surface area (Å²) in [7, 11) is 0. The second-order valence-corrected chi connectivity index (χ2v) is 3.97. The molecule has 3 nitrogen and oxygen atoms in total. The lowest BCUT2D eigenvalue weighted by Gasteiger charge is -2.13. The van der Waals surface area contributed by atoms with Crippen LogP contribution in [0.15, 0.2) is 18.2 Å². The molecule has 0 aliphatic heterocycles. The van der Waals surface area contributed by atoms with Crippen molar-refractivity contribution in [2.45, 2.75) is 19.4 Å². The van der Waals surface area contributed by atoms with Crippen LogP contribution in [0.4, 0.5) is 4.39 Å². The fourth-order valence-corrected chi connectivity index (χ4v) is 1.29. The number of aromatic amines is 1. The van der Waals surface area contributed by atoms with E-state index >= 15 is 0 Å². The first-order valence-electron chi connectivity index (χ1n) is 4.41. The number of fused-ring (bicyclic) bond motifs is 1. The number of nitrogens with two attached hydrogens (primary N) is 1. The predicted octanol–water partition coefficient (Wildman–Crippen LogP) is 1.90. The van der Waals surface area contributed by atoms with E-state index in [-0.39, 0.29) is 5.82 Å². The Morgan fingerprint density at radius 2 is 2.14 bits per heavy atom. The molecule has 0 bridgehead atoms. The van der Waals surface area contributed by atoms with Gasteiger partial charge in [-0.3, -0.25) is 0 Å². The summed E-state index contributed by atoms with van der Waals surface area (Å²) >= 11 is 0. The van der Waals surface area contributed by atoms with Gasteiger partial charge in [0.1, 0.15) is 11.6 Å². The number of aromatic nitrogens is 2. The smallest absolute Gasteiger partial charge is 0.126 e. The Kier molecular flexibility index (Phi) is 1.82. The number of nitrogens with one attached hydrogen (secondary N) is 1. The van der Waals surface area contributed by atoms with Gasteiger partial charge in [0.2, 0.25) is 0 Å². The summed E-state index contributed by atoms with van der Waals surface area (Å²) in [6.45, 7) is 3.70. The van der Waals surface area contributed by atoms with Crippen molar-refractivity contribution in [3.63, 3.8) is 0 Å². The summed E-state index contributed by atoms with van der Waals surface area (Å²) < 4.78 is 12.9. The Balaban J connectivity index is 2.63. The molecule has 2 aromatic rings. The second-order valence-electron chi connectivity index (χ2n) is 3.97. The molecule has 14 heavy (non-hydrogen) atoms. The number of imidazole rings is 1. The Bertz CT molecular complexity index is 468. The largest absolute Gasteiger partial charge is 0.340 e. The highest BCUT2D eigenvalue weighted by molar-refractivity contribution is 5.75. The van der Waals surface area contributed by atoms with Crippen molar-refractivity contribution in [2.75, 3.05) is 0 Å². The Labute approximate surface area is 81.1 Å². The molecule has 1 heterocycles. The van der Waals surface area contributed by atoms with Gasteiger partial charge in [0.15, 0.2) is 0 Å². The third kappa shape index (κ3) is 1.48. The molecule has 1 aromatic heterocycles. The van der Waals surface area contributed by atoms with Gasteiger partial charge in [-0.25, -0.2) is 9.37 Å². The highest BCUT2D eigenvalue weighted by Gasteiger charge is 2.18. The molecule has 0 radical (unpaired) electrons. The summed E-state index contributed by atoms with van der Waals surface area (Å²) in [6.07, 6.45) is 0. The average molecular weight is 193 g/mol. The molecule has 0 saturated heterocycles. The van der Waals surface area contributed by atoms with E-state index in [9.17, 15) is 4.39 Å². The van der Waals surface area contributed by atoms with Crippen LogP contribution in [-0.2, 0) is 5.54 Å². The van der Waals surface area contributed by atoms with E-state index < -0.39 is 5.54 Å². The molecule has 0 spiro atoms. The Morgan fingerprint density at radius 3 is 2.79 bits per heavy atom. The summed E-state index contributed by atoms with van der Waals surface area (Å²) in [5.74, 6) is 0.389. The molecular weight excluding hydrogens is 181 g/mol. The number of nitrogens with zero attached hydrogens (tertiary/aromatic N) is 1. The lowest BCUT2D eigenvalue weighted by molar-refractivity contribution is 0.522. The van der Waals surface area contributed by atoms with Gasteiger partial charge in [0.05, 0.1) is 16.6 Å². The summed E-state index contributed by atoms with van der Waals surface area (Å²) in [6, 6.07) is 4.43. The van der Waals surface area contributed by atoms with Gasteiger partial charge in [0, 0.05) is 0 Å². The van der Waals surface area contributed by atoms with Crippen LogP contribution in [0.1, 0.15) is 19.7 Å². The standard InChI is InChI=1S/C10H12FN3/c1-10(2,12)9-13-7-4-3-6(11)5-8(7)14-9/h3-5H,12H2,1-2H3,(H,13,14). The minimum absolute atomic E-state index is 0.275. The molecule has 4 heteroatoms. The summed E-state index contributed by atoms with van der Waals surface area (Å²) in [5, 5.41) is 0. The van der Waals surface area contributed by atoms with Crippen LogP contribution in [0.3, 0.4) is 0 Å². The van der Waals surface area contributed by atoms with Crippen molar-refractivity contribution in [3.05, 3.63) is 29.8 Å². The minimum Gasteiger partial charge on any atom is -0.340 e. The number of halogens is 1. The van der Waals surface area contributed by atoms with Gasteiger partial charge in [-0.1, -0.05) is 0 Å². The minimum atomic E-state index is -0.532. The van der Waals surface area contributed by atoms with Gasteiger partial charge >= 0.3 is 0 Å². The van der Waals surface area contributed by atoms with Crippen molar-refractivity contribution in [1.82, 2.24) is 9.97 Å². The number of benzene rings is 1. The fourth-order valence-electron chi connectivity index (χ4n) is 1.29. The Hall–Kier alpha value is -1.42. The van der Waals surface area contributed by atoms with Gasteiger partial charge < -0.3 is 10.7 Å². The van der Waals surface area contributed by atoms with Gasteiger partial charge in [0.25, 0.3) is 0 Å². The lowest BCUT2D eigenvalue weighted by atomic mass is 10.1. The van der Waals surface area contributed by atoms with Crippen LogP contribution in [-0.4, -0.2) is 9.97 Å². The van der Waals surface area contributed by atoms with E-state index in [1.807, 2.05) is 13.8 Å². The average Bonchev–Trinajstić information content (AvgIpc) is 2.45. The molecule has 2 rings (SSSR count). The van der Waals surface area contributed by atoms with Crippen LogP contribution >= 0.6 is 0 Å². The van der Waals surface area contributed by atoms with Gasteiger partial charge in [-0.05, 0) is 32.0 Å². The third-order valence-electron chi connectivity index (χ3n) is 2.05. The second kappa shape index (κ2) is 2.78. The fraction of sp³-hybridized carbons (Fsp3) is 0.300. The summed E-state index contributed by atoms with van der Waals surface area (Å²) in [5.41, 5.74) is 6.75. The molecule has 0 unspecified atom stereocenters. The zero-order valence-corrected chi connectivity index (χ0v) is 8.13. The maximum atomic E-state index is 12.9. The van der Waals surface area contributed by atoms with Gasteiger partial charge in [-0.2, -0.15) is 0 Å². The number of H-pyrrole nitrogens is 1. The molecule has 0 amide bonds. The molecule has 3 N–H and O–H groups in total.